The largest absolute Gasteiger partial charge is 0.503 e. The Balaban J connectivity index is 2.04. The number of methoxy groups -OCH3 is 1. The maximum absolute atomic E-state index is 12.1. The van der Waals surface area contributed by atoms with Crippen molar-refractivity contribution in [3.8, 4) is 11.5 Å². The van der Waals surface area contributed by atoms with E-state index >= 15 is 0 Å². The molecule has 126 valence electrons. The zero-order valence-corrected chi connectivity index (χ0v) is 14.9. The second-order valence-corrected chi connectivity index (χ2v) is 5.91. The van der Waals surface area contributed by atoms with E-state index in [4.69, 9.17) is 9.47 Å². The average Bonchev–Trinajstić information content (AvgIpc) is 2.61. The van der Waals surface area contributed by atoms with Gasteiger partial charge in [0.15, 0.2) is 23.9 Å². The first kappa shape index (κ1) is 18.0. The molecule has 2 aromatic carbocycles. The van der Waals surface area contributed by atoms with Crippen LogP contribution in [0.25, 0.3) is 0 Å². The molecule has 0 atom stereocenters. The van der Waals surface area contributed by atoms with Gasteiger partial charge in [-0.05, 0) is 40.0 Å². The van der Waals surface area contributed by atoms with E-state index < -0.39 is 5.97 Å². The minimum Gasteiger partial charge on any atom is -0.503 e. The number of Topliss-reactive ketones (excluding diaryl/α,β-unsaturated/α-hetero) is 1. The van der Waals surface area contributed by atoms with Crippen LogP contribution in [0.1, 0.15) is 33.2 Å². The molecule has 0 bridgehead atoms. The fraction of sp³-hybridized carbons (Fsp3) is 0.222. The second-order valence-electron chi connectivity index (χ2n) is 5.06. The Morgan fingerprint density at radius 2 is 1.79 bits per heavy atom. The minimum absolute atomic E-state index is 0.110. The quantitative estimate of drug-likeness (QED) is 0.598. The van der Waals surface area contributed by atoms with E-state index in [1.807, 2.05) is 19.1 Å². The van der Waals surface area contributed by atoms with Gasteiger partial charge in [-0.2, -0.15) is 0 Å². The van der Waals surface area contributed by atoms with Gasteiger partial charge in [-0.1, -0.05) is 31.2 Å². The smallest absolute Gasteiger partial charge is 0.338 e. The molecular formula is C18H17BrO5. The third-order valence-electron chi connectivity index (χ3n) is 3.50. The Bertz CT molecular complexity index is 753. The van der Waals surface area contributed by atoms with Gasteiger partial charge >= 0.3 is 5.97 Å². The molecule has 0 aliphatic heterocycles. The molecule has 0 saturated carbocycles. The molecular weight excluding hydrogens is 376 g/mol. The zero-order chi connectivity index (χ0) is 17.7. The van der Waals surface area contributed by atoms with E-state index in [0.29, 0.717) is 10.0 Å². The normalized spacial score (nSPS) is 10.3. The molecule has 0 aliphatic rings. The lowest BCUT2D eigenvalue weighted by molar-refractivity contribution is 0.0474. The van der Waals surface area contributed by atoms with Crippen molar-refractivity contribution < 1.29 is 24.2 Å². The fourth-order valence-electron chi connectivity index (χ4n) is 2.07. The number of phenols is 1. The van der Waals surface area contributed by atoms with Gasteiger partial charge in [-0.25, -0.2) is 4.79 Å². The highest BCUT2D eigenvalue weighted by molar-refractivity contribution is 9.10. The van der Waals surface area contributed by atoms with Crippen molar-refractivity contribution in [1.29, 1.82) is 0 Å². The van der Waals surface area contributed by atoms with Gasteiger partial charge in [0.2, 0.25) is 0 Å². The van der Waals surface area contributed by atoms with E-state index in [-0.39, 0.29) is 29.5 Å². The number of carbonyl (C=O) groups excluding carboxylic acids is 2. The Kier molecular flexibility index (Phi) is 5.98. The van der Waals surface area contributed by atoms with Gasteiger partial charge in [-0.3, -0.25) is 4.79 Å². The van der Waals surface area contributed by atoms with Gasteiger partial charge < -0.3 is 14.6 Å². The molecule has 0 aliphatic carbocycles. The van der Waals surface area contributed by atoms with Gasteiger partial charge in [0.05, 0.1) is 17.1 Å². The van der Waals surface area contributed by atoms with Crippen molar-refractivity contribution in [1.82, 2.24) is 0 Å². The first-order chi connectivity index (χ1) is 11.5. The van der Waals surface area contributed by atoms with Crippen LogP contribution in [0.2, 0.25) is 0 Å². The summed E-state index contributed by atoms with van der Waals surface area (Å²) in [5.41, 5.74) is 1.79. The molecule has 5 nitrogen and oxygen atoms in total. The molecule has 1 N–H and O–H groups in total. The monoisotopic (exact) mass is 392 g/mol. The number of hydrogen-bond donors (Lipinski definition) is 1. The topological polar surface area (TPSA) is 72.8 Å². The van der Waals surface area contributed by atoms with Crippen LogP contribution in [-0.4, -0.2) is 30.6 Å². The second kappa shape index (κ2) is 7.97. The third-order valence-corrected chi connectivity index (χ3v) is 4.11. The van der Waals surface area contributed by atoms with E-state index in [9.17, 15) is 14.7 Å². The summed E-state index contributed by atoms with van der Waals surface area (Å²) >= 11 is 3.13. The molecule has 24 heavy (non-hydrogen) atoms. The summed E-state index contributed by atoms with van der Waals surface area (Å²) < 4.78 is 10.3. The molecule has 0 fully saturated rings. The molecule has 0 heterocycles. The van der Waals surface area contributed by atoms with Gasteiger partial charge in [-0.15, -0.1) is 0 Å². The molecule has 2 aromatic rings. The predicted molar refractivity (Wildman–Crippen MR) is 92.8 cm³/mol. The van der Waals surface area contributed by atoms with Crippen LogP contribution in [0.3, 0.4) is 0 Å². The number of aryl methyl sites for hydroxylation is 1. The number of esters is 1. The van der Waals surface area contributed by atoms with Crippen molar-refractivity contribution in [2.24, 2.45) is 0 Å². The maximum atomic E-state index is 12.1. The number of hydrogen-bond acceptors (Lipinski definition) is 5. The van der Waals surface area contributed by atoms with Crippen LogP contribution in [0.5, 0.6) is 11.5 Å². The van der Waals surface area contributed by atoms with Crippen LogP contribution in [-0.2, 0) is 11.2 Å². The zero-order valence-electron chi connectivity index (χ0n) is 13.3. The first-order valence-corrected chi connectivity index (χ1v) is 8.11. The Hall–Kier alpha value is -2.34. The van der Waals surface area contributed by atoms with Gasteiger partial charge in [0, 0.05) is 5.56 Å². The summed E-state index contributed by atoms with van der Waals surface area (Å²) in [5.74, 6) is -0.928. The minimum atomic E-state index is -0.674. The summed E-state index contributed by atoms with van der Waals surface area (Å²) in [4.78, 5) is 24.2. The van der Waals surface area contributed by atoms with Gasteiger partial charge in [0.25, 0.3) is 0 Å². The highest BCUT2D eigenvalue weighted by Crippen LogP contribution is 2.35. The fourth-order valence-corrected chi connectivity index (χ4v) is 2.51. The van der Waals surface area contributed by atoms with Crippen LogP contribution in [0, 0.1) is 0 Å². The SMILES string of the molecule is CCc1ccc(C(=O)COC(=O)c2cc(Br)c(O)c(OC)c2)cc1. The molecule has 0 unspecified atom stereocenters. The van der Waals surface area contributed by atoms with Crippen LogP contribution >= 0.6 is 15.9 Å². The average molecular weight is 393 g/mol. The number of carbonyl (C=O) groups is 2. The Morgan fingerprint density at radius 3 is 2.38 bits per heavy atom. The molecule has 0 spiro atoms. The molecule has 0 radical (unpaired) electrons. The highest BCUT2D eigenvalue weighted by Gasteiger charge is 2.16. The highest BCUT2D eigenvalue weighted by atomic mass is 79.9. The van der Waals surface area contributed by atoms with E-state index in [0.717, 1.165) is 12.0 Å². The van der Waals surface area contributed by atoms with Crippen molar-refractivity contribution in [2.45, 2.75) is 13.3 Å². The third kappa shape index (κ3) is 4.14. The van der Waals surface area contributed by atoms with E-state index in [1.165, 1.54) is 19.2 Å². The standard InChI is InChI=1S/C18H17BrO5/c1-3-11-4-6-12(7-5-11)15(20)10-24-18(22)13-8-14(19)17(21)16(9-13)23-2/h4-9,21H,3,10H2,1-2H3. The number of ketones is 1. The Labute approximate surface area is 148 Å². The first-order valence-electron chi connectivity index (χ1n) is 7.32. The van der Waals surface area contributed by atoms with E-state index in [2.05, 4.69) is 15.9 Å². The number of halogens is 1. The molecule has 2 rings (SSSR count). The lowest BCUT2D eigenvalue weighted by Crippen LogP contribution is -2.14. The van der Waals surface area contributed by atoms with E-state index in [1.54, 1.807) is 12.1 Å². The van der Waals surface area contributed by atoms with Crippen molar-refractivity contribution >= 4 is 27.7 Å². The lowest BCUT2D eigenvalue weighted by Gasteiger charge is -2.09. The molecule has 6 heteroatoms. The number of ether oxygens (including phenoxy) is 2. The summed E-state index contributed by atoms with van der Waals surface area (Å²) in [7, 11) is 1.38. The van der Waals surface area contributed by atoms with Gasteiger partial charge in [0.1, 0.15) is 0 Å². The van der Waals surface area contributed by atoms with Crippen LogP contribution in [0.15, 0.2) is 40.9 Å². The predicted octanol–water partition coefficient (Wildman–Crippen LogP) is 3.77. The summed E-state index contributed by atoms with van der Waals surface area (Å²) in [5, 5.41) is 9.74. The van der Waals surface area contributed by atoms with Crippen LogP contribution < -0.4 is 4.74 Å². The molecule has 0 amide bonds. The van der Waals surface area contributed by atoms with Crippen molar-refractivity contribution in [2.75, 3.05) is 13.7 Å². The number of phenolic OH excluding ortho intramolecular Hbond substituents is 1. The molecule has 0 saturated heterocycles. The number of benzene rings is 2. The summed E-state index contributed by atoms with van der Waals surface area (Å²) in [6, 6.07) is 9.93. The maximum Gasteiger partial charge on any atom is 0.338 e. The molecule has 0 aromatic heterocycles. The number of rotatable bonds is 6. The van der Waals surface area contributed by atoms with Crippen molar-refractivity contribution in [3.63, 3.8) is 0 Å². The Morgan fingerprint density at radius 1 is 1.12 bits per heavy atom. The number of aromatic hydroxyl groups is 1. The summed E-state index contributed by atoms with van der Waals surface area (Å²) in [6.45, 7) is 1.67. The van der Waals surface area contributed by atoms with Crippen LogP contribution in [0.4, 0.5) is 0 Å². The summed E-state index contributed by atoms with van der Waals surface area (Å²) in [6.07, 6.45) is 0.890. The lowest BCUT2D eigenvalue weighted by atomic mass is 10.1. The van der Waals surface area contributed by atoms with Crippen molar-refractivity contribution in [3.05, 3.63) is 57.6 Å².